The lowest BCUT2D eigenvalue weighted by Crippen LogP contribution is -2.29. The third-order valence-corrected chi connectivity index (χ3v) is 4.73. The smallest absolute Gasteiger partial charge is 0.250 e. The van der Waals surface area contributed by atoms with Gasteiger partial charge in [-0.05, 0) is 54.7 Å². The van der Waals surface area contributed by atoms with E-state index in [4.69, 9.17) is 5.21 Å². The van der Waals surface area contributed by atoms with Gasteiger partial charge in [-0.25, -0.2) is 9.87 Å². The summed E-state index contributed by atoms with van der Waals surface area (Å²) >= 11 is 0. The Labute approximate surface area is 140 Å². The third kappa shape index (κ3) is 2.83. The number of aromatic nitrogens is 1. The van der Waals surface area contributed by atoms with Crippen molar-refractivity contribution in [2.75, 3.05) is 0 Å². The average Bonchev–Trinajstić information content (AvgIpc) is 3.02. The summed E-state index contributed by atoms with van der Waals surface area (Å²) in [6.45, 7) is 3.63. The SMILES string of the molecule is Cc1ncccc1C1=CC(C(=O)NO)C(c2cccc(F)c2C)C1. The number of carbonyl (C=O) groups is 1. The second-order valence-electron chi connectivity index (χ2n) is 6.09. The highest BCUT2D eigenvalue weighted by atomic mass is 19.1. The predicted molar refractivity (Wildman–Crippen MR) is 88.9 cm³/mol. The van der Waals surface area contributed by atoms with Crippen LogP contribution in [0.1, 0.15) is 34.7 Å². The van der Waals surface area contributed by atoms with E-state index in [1.807, 2.05) is 31.2 Å². The molecule has 1 amide bonds. The molecular weight excluding hydrogens is 307 g/mol. The minimum atomic E-state index is -0.551. The van der Waals surface area contributed by atoms with Crippen LogP contribution in [0.15, 0.2) is 42.6 Å². The van der Waals surface area contributed by atoms with E-state index in [9.17, 15) is 9.18 Å². The van der Waals surface area contributed by atoms with Gasteiger partial charge in [-0.1, -0.05) is 24.3 Å². The molecule has 1 aliphatic rings. The van der Waals surface area contributed by atoms with Crippen molar-refractivity contribution in [1.29, 1.82) is 0 Å². The quantitative estimate of drug-likeness (QED) is 0.670. The lowest BCUT2D eigenvalue weighted by Gasteiger charge is -2.20. The maximum Gasteiger partial charge on any atom is 0.250 e. The summed E-state index contributed by atoms with van der Waals surface area (Å²) in [7, 11) is 0. The van der Waals surface area contributed by atoms with Crippen molar-refractivity contribution in [3.05, 3.63) is 70.8 Å². The van der Waals surface area contributed by atoms with Crippen LogP contribution in [0.4, 0.5) is 4.39 Å². The largest absolute Gasteiger partial charge is 0.289 e. The summed E-state index contributed by atoms with van der Waals surface area (Å²) in [6, 6.07) is 8.72. The van der Waals surface area contributed by atoms with Gasteiger partial charge < -0.3 is 0 Å². The maximum atomic E-state index is 13.9. The second-order valence-corrected chi connectivity index (χ2v) is 6.09. The first kappa shape index (κ1) is 16.3. The van der Waals surface area contributed by atoms with Gasteiger partial charge in [0.05, 0.1) is 5.92 Å². The fourth-order valence-corrected chi connectivity index (χ4v) is 3.45. The number of nitrogens with one attached hydrogen (secondary N) is 1. The van der Waals surface area contributed by atoms with Crippen LogP contribution in [-0.4, -0.2) is 16.1 Å². The summed E-state index contributed by atoms with van der Waals surface area (Å²) in [5, 5.41) is 9.08. The van der Waals surface area contributed by atoms with Gasteiger partial charge in [0.1, 0.15) is 5.82 Å². The van der Waals surface area contributed by atoms with Gasteiger partial charge in [0, 0.05) is 17.8 Å². The molecule has 3 rings (SSSR count). The standard InChI is InChI=1S/C19H19FN2O2/c1-11-14(5-3-7-18(11)20)16-9-13(10-17(16)19(23)22-24)15-6-4-8-21-12(15)2/h3-8,10,16-17,24H,9H2,1-2H3,(H,22,23). The molecule has 0 radical (unpaired) electrons. The minimum absolute atomic E-state index is 0.220. The van der Waals surface area contributed by atoms with Crippen molar-refractivity contribution in [3.8, 4) is 0 Å². The number of halogens is 1. The Morgan fingerprint density at radius 2 is 2.08 bits per heavy atom. The van der Waals surface area contributed by atoms with Gasteiger partial charge in [0.2, 0.25) is 0 Å². The van der Waals surface area contributed by atoms with Gasteiger partial charge >= 0.3 is 0 Å². The molecule has 1 aromatic heterocycles. The molecule has 2 atom stereocenters. The Bertz CT molecular complexity index is 817. The third-order valence-electron chi connectivity index (χ3n) is 4.73. The molecule has 1 heterocycles. The minimum Gasteiger partial charge on any atom is -0.289 e. The Hall–Kier alpha value is -2.53. The molecule has 1 aromatic carbocycles. The summed E-state index contributed by atoms with van der Waals surface area (Å²) < 4.78 is 13.9. The Morgan fingerprint density at radius 1 is 1.29 bits per heavy atom. The number of rotatable bonds is 3. The monoisotopic (exact) mass is 326 g/mol. The number of allylic oxidation sites excluding steroid dienone is 1. The van der Waals surface area contributed by atoms with Crippen molar-refractivity contribution in [2.24, 2.45) is 5.92 Å². The molecule has 0 aliphatic heterocycles. The first-order valence-corrected chi connectivity index (χ1v) is 7.84. The van der Waals surface area contributed by atoms with E-state index in [1.165, 1.54) is 6.07 Å². The highest BCUT2D eigenvalue weighted by Crippen LogP contribution is 2.44. The van der Waals surface area contributed by atoms with E-state index < -0.39 is 11.8 Å². The van der Waals surface area contributed by atoms with Crippen molar-refractivity contribution in [2.45, 2.75) is 26.2 Å². The summed E-state index contributed by atoms with van der Waals surface area (Å²) in [5.74, 6) is -1.55. The van der Waals surface area contributed by atoms with Crippen molar-refractivity contribution >= 4 is 11.5 Å². The number of aryl methyl sites for hydroxylation is 1. The van der Waals surface area contributed by atoms with Gasteiger partial charge in [0.15, 0.2) is 0 Å². The average molecular weight is 326 g/mol. The molecule has 0 spiro atoms. The number of benzene rings is 1. The summed E-state index contributed by atoms with van der Waals surface area (Å²) in [6.07, 6.45) is 4.17. The van der Waals surface area contributed by atoms with E-state index in [0.717, 1.165) is 22.4 Å². The molecule has 0 saturated carbocycles. The Morgan fingerprint density at radius 3 is 2.79 bits per heavy atom. The van der Waals surface area contributed by atoms with E-state index in [2.05, 4.69) is 4.98 Å². The Kier molecular flexibility index (Phi) is 4.44. The van der Waals surface area contributed by atoms with Crippen LogP contribution in [0.25, 0.3) is 5.57 Å². The molecule has 2 N–H and O–H groups in total. The molecule has 4 nitrogen and oxygen atoms in total. The molecular formula is C19H19FN2O2. The van der Waals surface area contributed by atoms with Crippen molar-refractivity contribution in [1.82, 2.24) is 10.5 Å². The first-order valence-electron chi connectivity index (χ1n) is 7.84. The van der Waals surface area contributed by atoms with Gasteiger partial charge in [-0.3, -0.25) is 15.0 Å². The lowest BCUT2D eigenvalue weighted by atomic mass is 9.84. The summed E-state index contributed by atoms with van der Waals surface area (Å²) in [5.41, 5.74) is 5.90. The molecule has 5 heteroatoms. The van der Waals surface area contributed by atoms with Crippen LogP contribution in [0, 0.1) is 25.6 Å². The van der Waals surface area contributed by atoms with Gasteiger partial charge in [0.25, 0.3) is 5.91 Å². The van der Waals surface area contributed by atoms with Crippen LogP contribution in [-0.2, 0) is 4.79 Å². The fraction of sp³-hybridized carbons (Fsp3) is 0.263. The number of amides is 1. The van der Waals surface area contributed by atoms with E-state index in [1.54, 1.807) is 24.7 Å². The van der Waals surface area contributed by atoms with Crippen LogP contribution < -0.4 is 5.48 Å². The molecule has 2 unspecified atom stereocenters. The molecule has 0 saturated heterocycles. The molecule has 0 fully saturated rings. The zero-order chi connectivity index (χ0) is 17.3. The van der Waals surface area contributed by atoms with Crippen molar-refractivity contribution < 1.29 is 14.4 Å². The first-order chi connectivity index (χ1) is 11.5. The molecule has 1 aliphatic carbocycles. The van der Waals surface area contributed by atoms with Crippen LogP contribution in [0.3, 0.4) is 0 Å². The predicted octanol–water partition coefficient (Wildman–Crippen LogP) is 3.53. The van der Waals surface area contributed by atoms with Gasteiger partial charge in [-0.15, -0.1) is 0 Å². The second kappa shape index (κ2) is 6.53. The normalized spacial score (nSPS) is 19.9. The number of pyridine rings is 1. The highest BCUT2D eigenvalue weighted by molar-refractivity contribution is 5.86. The zero-order valence-electron chi connectivity index (χ0n) is 13.6. The van der Waals surface area contributed by atoms with E-state index in [0.29, 0.717) is 12.0 Å². The fourth-order valence-electron chi connectivity index (χ4n) is 3.45. The Balaban J connectivity index is 2.04. The number of carbonyl (C=O) groups excluding carboxylic acids is 1. The molecule has 2 aromatic rings. The summed E-state index contributed by atoms with van der Waals surface area (Å²) in [4.78, 5) is 16.4. The van der Waals surface area contributed by atoms with Crippen LogP contribution in [0.2, 0.25) is 0 Å². The lowest BCUT2D eigenvalue weighted by molar-refractivity contribution is -0.132. The van der Waals surface area contributed by atoms with Crippen LogP contribution >= 0.6 is 0 Å². The van der Waals surface area contributed by atoms with E-state index >= 15 is 0 Å². The van der Waals surface area contributed by atoms with Crippen molar-refractivity contribution in [3.63, 3.8) is 0 Å². The van der Waals surface area contributed by atoms with Gasteiger partial charge in [-0.2, -0.15) is 0 Å². The highest BCUT2D eigenvalue weighted by Gasteiger charge is 2.35. The number of hydroxylamine groups is 1. The number of hydrogen-bond donors (Lipinski definition) is 2. The molecule has 124 valence electrons. The zero-order valence-corrected chi connectivity index (χ0v) is 13.6. The molecule has 0 bridgehead atoms. The maximum absolute atomic E-state index is 13.9. The topological polar surface area (TPSA) is 62.2 Å². The van der Waals surface area contributed by atoms with Crippen LogP contribution in [0.5, 0.6) is 0 Å². The number of hydrogen-bond acceptors (Lipinski definition) is 3. The molecule has 24 heavy (non-hydrogen) atoms. The van der Waals surface area contributed by atoms with E-state index in [-0.39, 0.29) is 11.7 Å². The number of nitrogens with zero attached hydrogens (tertiary/aromatic N) is 1.